The van der Waals surface area contributed by atoms with Crippen LogP contribution in [0.5, 0.6) is 0 Å². The SMILES string of the molecule is CCCCCCCC(CCCCCCCCCCO)S(=O)(=O)O. The number of aliphatic hydroxyl groups excluding tert-OH is 1. The van der Waals surface area contributed by atoms with E-state index in [1.165, 1.54) is 32.1 Å². The lowest BCUT2D eigenvalue weighted by molar-refractivity contribution is 0.282. The van der Waals surface area contributed by atoms with Crippen LogP contribution in [0.3, 0.4) is 0 Å². The summed E-state index contributed by atoms with van der Waals surface area (Å²) in [5, 5.41) is 8.13. The molecule has 0 aliphatic rings. The molecule has 5 heteroatoms. The molecule has 4 nitrogen and oxygen atoms in total. The Morgan fingerprint density at radius 2 is 1.09 bits per heavy atom. The smallest absolute Gasteiger partial charge is 0.267 e. The maximum Gasteiger partial charge on any atom is 0.267 e. The molecule has 0 aromatic heterocycles. The molecule has 0 radical (unpaired) electrons. The normalized spacial score (nSPS) is 13.3. The minimum absolute atomic E-state index is 0.287. The Kier molecular flexibility index (Phi) is 15.3. The van der Waals surface area contributed by atoms with Crippen molar-refractivity contribution in [1.29, 1.82) is 0 Å². The lowest BCUT2D eigenvalue weighted by Crippen LogP contribution is -2.20. The van der Waals surface area contributed by atoms with E-state index in [0.717, 1.165) is 51.4 Å². The van der Waals surface area contributed by atoms with E-state index in [1.807, 2.05) is 0 Å². The fraction of sp³-hybridized carbons (Fsp3) is 1.00. The Hall–Kier alpha value is -0.130. The Morgan fingerprint density at radius 1 is 0.696 bits per heavy atom. The summed E-state index contributed by atoms with van der Waals surface area (Å²) in [6.45, 7) is 2.45. The summed E-state index contributed by atoms with van der Waals surface area (Å²) in [5.41, 5.74) is 0. The molecule has 0 aromatic carbocycles. The fourth-order valence-corrected chi connectivity index (χ4v) is 3.89. The van der Waals surface area contributed by atoms with Crippen LogP contribution in [-0.2, 0) is 10.1 Å². The summed E-state index contributed by atoms with van der Waals surface area (Å²) in [6.07, 6.45) is 15.3. The first-order valence-electron chi connectivity index (χ1n) is 9.59. The summed E-state index contributed by atoms with van der Waals surface area (Å²) in [4.78, 5) is 0. The molecule has 140 valence electrons. The molecule has 0 aliphatic heterocycles. The van der Waals surface area contributed by atoms with Crippen molar-refractivity contribution in [2.45, 2.75) is 108 Å². The van der Waals surface area contributed by atoms with Crippen molar-refractivity contribution >= 4 is 10.1 Å². The summed E-state index contributed by atoms with van der Waals surface area (Å²) in [7, 11) is -3.89. The molecule has 0 saturated heterocycles. The number of unbranched alkanes of at least 4 members (excludes halogenated alkanes) is 11. The average Bonchev–Trinajstić information content (AvgIpc) is 2.50. The number of hydrogen-bond donors (Lipinski definition) is 2. The third-order valence-electron chi connectivity index (χ3n) is 4.49. The van der Waals surface area contributed by atoms with Crippen LogP contribution < -0.4 is 0 Å². The van der Waals surface area contributed by atoms with E-state index >= 15 is 0 Å². The van der Waals surface area contributed by atoms with Crippen molar-refractivity contribution in [2.75, 3.05) is 6.61 Å². The molecule has 23 heavy (non-hydrogen) atoms. The molecule has 0 spiro atoms. The third-order valence-corrected chi connectivity index (χ3v) is 5.80. The van der Waals surface area contributed by atoms with Gasteiger partial charge in [-0.3, -0.25) is 4.55 Å². The predicted octanol–water partition coefficient (Wildman–Crippen LogP) is 5.11. The minimum atomic E-state index is -3.89. The van der Waals surface area contributed by atoms with Crippen molar-refractivity contribution in [3.05, 3.63) is 0 Å². The fourth-order valence-electron chi connectivity index (χ4n) is 2.96. The topological polar surface area (TPSA) is 74.6 Å². The second-order valence-electron chi connectivity index (χ2n) is 6.68. The van der Waals surface area contributed by atoms with Gasteiger partial charge in [0.2, 0.25) is 0 Å². The van der Waals surface area contributed by atoms with Gasteiger partial charge in [-0.2, -0.15) is 8.42 Å². The molecule has 0 heterocycles. The Labute approximate surface area is 143 Å². The van der Waals surface area contributed by atoms with Gasteiger partial charge in [-0.1, -0.05) is 84.0 Å². The van der Waals surface area contributed by atoms with E-state index in [-0.39, 0.29) is 6.61 Å². The van der Waals surface area contributed by atoms with Gasteiger partial charge in [-0.15, -0.1) is 0 Å². The molecule has 1 atom stereocenters. The number of hydrogen-bond acceptors (Lipinski definition) is 3. The highest BCUT2D eigenvalue weighted by Crippen LogP contribution is 2.19. The van der Waals surface area contributed by atoms with E-state index in [2.05, 4.69) is 6.92 Å². The molecule has 0 rings (SSSR count). The average molecular weight is 351 g/mol. The van der Waals surface area contributed by atoms with Gasteiger partial charge >= 0.3 is 0 Å². The first-order chi connectivity index (χ1) is 11.0. The molecule has 0 fully saturated rings. The number of aliphatic hydroxyl groups is 1. The molecule has 0 saturated carbocycles. The first kappa shape index (κ1) is 22.9. The zero-order valence-corrected chi connectivity index (χ0v) is 15.8. The molecule has 0 bridgehead atoms. The molecule has 1 unspecified atom stereocenters. The highest BCUT2D eigenvalue weighted by atomic mass is 32.2. The quantitative estimate of drug-likeness (QED) is 0.282. The van der Waals surface area contributed by atoms with Crippen LogP contribution in [0.25, 0.3) is 0 Å². The van der Waals surface area contributed by atoms with E-state index in [1.54, 1.807) is 0 Å². The summed E-state index contributed by atoms with van der Waals surface area (Å²) >= 11 is 0. The van der Waals surface area contributed by atoms with Crippen molar-refractivity contribution < 1.29 is 18.1 Å². The van der Waals surface area contributed by atoms with Crippen LogP contribution in [0.15, 0.2) is 0 Å². The molecular formula is C18H38O4S. The van der Waals surface area contributed by atoms with Crippen LogP contribution in [0.2, 0.25) is 0 Å². The molecule has 2 N–H and O–H groups in total. The summed E-state index contributed by atoms with van der Waals surface area (Å²) in [5.74, 6) is 0. The van der Waals surface area contributed by atoms with Gasteiger partial charge in [0.1, 0.15) is 0 Å². The molecule has 0 aliphatic carbocycles. The molecular weight excluding hydrogens is 312 g/mol. The third kappa shape index (κ3) is 15.2. The van der Waals surface area contributed by atoms with Crippen molar-refractivity contribution in [3.63, 3.8) is 0 Å². The maximum absolute atomic E-state index is 11.5. The van der Waals surface area contributed by atoms with E-state index in [4.69, 9.17) is 5.11 Å². The van der Waals surface area contributed by atoms with Crippen molar-refractivity contribution in [3.8, 4) is 0 Å². The minimum Gasteiger partial charge on any atom is -0.396 e. The Morgan fingerprint density at radius 3 is 1.48 bits per heavy atom. The highest BCUT2D eigenvalue weighted by Gasteiger charge is 2.21. The van der Waals surface area contributed by atoms with E-state index in [9.17, 15) is 13.0 Å². The van der Waals surface area contributed by atoms with Gasteiger partial charge in [0.05, 0.1) is 5.25 Å². The van der Waals surface area contributed by atoms with Gasteiger partial charge in [-0.05, 0) is 19.3 Å². The number of rotatable bonds is 17. The van der Waals surface area contributed by atoms with Crippen LogP contribution in [0.1, 0.15) is 103 Å². The highest BCUT2D eigenvalue weighted by molar-refractivity contribution is 7.86. The standard InChI is InChI=1S/C18H38O4S/c1-2-3-4-9-12-15-18(23(20,21)22)16-13-10-7-5-6-8-11-14-17-19/h18-19H,2-17H2,1H3,(H,20,21,22). The van der Waals surface area contributed by atoms with Crippen molar-refractivity contribution in [2.24, 2.45) is 0 Å². The largest absolute Gasteiger partial charge is 0.396 e. The van der Waals surface area contributed by atoms with Crippen molar-refractivity contribution in [1.82, 2.24) is 0 Å². The Balaban J connectivity index is 3.69. The zero-order valence-electron chi connectivity index (χ0n) is 15.0. The van der Waals surface area contributed by atoms with Gasteiger partial charge in [0.15, 0.2) is 0 Å². The van der Waals surface area contributed by atoms with Gasteiger partial charge in [0.25, 0.3) is 10.1 Å². The van der Waals surface area contributed by atoms with Crippen LogP contribution in [0.4, 0.5) is 0 Å². The summed E-state index contributed by atoms with van der Waals surface area (Å²) in [6, 6.07) is 0. The Bertz CT molecular complexity index is 341. The predicted molar refractivity (Wildman–Crippen MR) is 97.4 cm³/mol. The monoisotopic (exact) mass is 350 g/mol. The second-order valence-corrected chi connectivity index (χ2v) is 8.38. The molecule has 0 aromatic rings. The van der Waals surface area contributed by atoms with Gasteiger partial charge < -0.3 is 5.11 Å². The van der Waals surface area contributed by atoms with Crippen LogP contribution in [0, 0.1) is 0 Å². The van der Waals surface area contributed by atoms with Crippen LogP contribution >= 0.6 is 0 Å². The lowest BCUT2D eigenvalue weighted by atomic mass is 10.0. The first-order valence-corrected chi connectivity index (χ1v) is 11.1. The second kappa shape index (κ2) is 15.4. The van der Waals surface area contributed by atoms with Gasteiger partial charge in [-0.25, -0.2) is 0 Å². The van der Waals surface area contributed by atoms with E-state index in [0.29, 0.717) is 12.8 Å². The molecule has 0 amide bonds. The zero-order chi connectivity index (χ0) is 17.4. The van der Waals surface area contributed by atoms with E-state index < -0.39 is 15.4 Å². The van der Waals surface area contributed by atoms with Gasteiger partial charge in [0, 0.05) is 6.61 Å². The van der Waals surface area contributed by atoms with Crippen LogP contribution in [-0.4, -0.2) is 29.9 Å². The summed E-state index contributed by atoms with van der Waals surface area (Å²) < 4.78 is 32.3. The lowest BCUT2D eigenvalue weighted by Gasteiger charge is -2.13. The maximum atomic E-state index is 11.5.